The Morgan fingerprint density at radius 1 is 1.26 bits per heavy atom. The summed E-state index contributed by atoms with van der Waals surface area (Å²) in [6.45, 7) is 1.08. The van der Waals surface area contributed by atoms with Crippen molar-refractivity contribution >= 4 is 17.5 Å². The van der Waals surface area contributed by atoms with Gasteiger partial charge in [-0.25, -0.2) is 4.79 Å². The van der Waals surface area contributed by atoms with E-state index in [1.165, 1.54) is 0 Å². The maximum absolute atomic E-state index is 12.4. The maximum atomic E-state index is 12.4. The Morgan fingerprint density at radius 3 is 2.63 bits per heavy atom. The van der Waals surface area contributed by atoms with Gasteiger partial charge < -0.3 is 16.0 Å². The van der Waals surface area contributed by atoms with Crippen LogP contribution in [0.5, 0.6) is 0 Å². The summed E-state index contributed by atoms with van der Waals surface area (Å²) in [6, 6.07) is 7.49. The molecule has 3 rings (SSSR count). The van der Waals surface area contributed by atoms with E-state index in [4.69, 9.17) is 5.73 Å². The quantitative estimate of drug-likeness (QED) is 0.733. The molecular formula is C14H17N3O2. The first-order chi connectivity index (χ1) is 9.11. The second-order valence-electron chi connectivity index (χ2n) is 5.29. The van der Waals surface area contributed by atoms with Crippen LogP contribution in [0.1, 0.15) is 18.4 Å². The monoisotopic (exact) mass is 259 g/mol. The van der Waals surface area contributed by atoms with E-state index >= 15 is 0 Å². The van der Waals surface area contributed by atoms with Crippen molar-refractivity contribution < 1.29 is 9.59 Å². The van der Waals surface area contributed by atoms with Crippen molar-refractivity contribution in [3.05, 3.63) is 29.8 Å². The fraction of sp³-hybridized carbons (Fsp3) is 0.429. The van der Waals surface area contributed by atoms with E-state index in [0.29, 0.717) is 32.4 Å². The van der Waals surface area contributed by atoms with E-state index in [1.54, 1.807) is 4.90 Å². The number of piperidine rings is 1. The number of hydrogen-bond acceptors (Lipinski definition) is 3. The van der Waals surface area contributed by atoms with Crippen molar-refractivity contribution in [2.45, 2.75) is 24.8 Å². The first-order valence-electron chi connectivity index (χ1n) is 6.54. The van der Waals surface area contributed by atoms with Gasteiger partial charge in [0.15, 0.2) is 5.78 Å². The number of carbonyl (C=O) groups excluding carboxylic acids is 2. The number of rotatable bonds is 0. The van der Waals surface area contributed by atoms with Crippen LogP contribution in [0.3, 0.4) is 0 Å². The van der Waals surface area contributed by atoms with E-state index in [0.717, 1.165) is 11.3 Å². The number of primary amides is 1. The van der Waals surface area contributed by atoms with Gasteiger partial charge in [-0.15, -0.1) is 0 Å². The summed E-state index contributed by atoms with van der Waals surface area (Å²) in [5.41, 5.74) is 6.85. The second kappa shape index (κ2) is 4.26. The molecule has 1 aromatic carbocycles. The highest BCUT2D eigenvalue weighted by molar-refractivity contribution is 5.97. The highest BCUT2D eigenvalue weighted by Crippen LogP contribution is 2.35. The molecule has 0 bridgehead atoms. The summed E-state index contributed by atoms with van der Waals surface area (Å²) < 4.78 is 0. The van der Waals surface area contributed by atoms with Crippen LogP contribution in [0, 0.1) is 0 Å². The van der Waals surface area contributed by atoms with Crippen LogP contribution in [-0.4, -0.2) is 35.3 Å². The summed E-state index contributed by atoms with van der Waals surface area (Å²) in [5, 5.41) is 3.39. The zero-order valence-corrected chi connectivity index (χ0v) is 10.7. The maximum Gasteiger partial charge on any atom is 0.314 e. The highest BCUT2D eigenvalue weighted by Gasteiger charge is 2.44. The first kappa shape index (κ1) is 12.0. The van der Waals surface area contributed by atoms with E-state index in [-0.39, 0.29) is 5.78 Å². The van der Waals surface area contributed by atoms with Crippen molar-refractivity contribution in [2.75, 3.05) is 18.4 Å². The molecule has 1 aromatic rings. The summed E-state index contributed by atoms with van der Waals surface area (Å²) in [6.07, 6.45) is 1.73. The SMILES string of the molecule is NC(=O)N1CCC2(CC1)Nc1ccccc1CC2=O. The van der Waals surface area contributed by atoms with Crippen LogP contribution in [0.4, 0.5) is 10.5 Å². The van der Waals surface area contributed by atoms with Gasteiger partial charge in [0, 0.05) is 25.2 Å². The lowest BCUT2D eigenvalue weighted by Gasteiger charge is -2.44. The van der Waals surface area contributed by atoms with Gasteiger partial charge in [-0.3, -0.25) is 4.79 Å². The molecule has 1 saturated heterocycles. The number of amides is 2. The van der Waals surface area contributed by atoms with E-state index in [2.05, 4.69) is 5.32 Å². The molecule has 0 aliphatic carbocycles. The third-order valence-electron chi connectivity index (χ3n) is 4.20. The van der Waals surface area contributed by atoms with Crippen molar-refractivity contribution in [3.8, 4) is 0 Å². The lowest BCUT2D eigenvalue weighted by atomic mass is 9.78. The number of para-hydroxylation sites is 1. The van der Waals surface area contributed by atoms with Gasteiger partial charge in [0.05, 0.1) is 5.54 Å². The number of nitrogens with zero attached hydrogens (tertiary/aromatic N) is 1. The van der Waals surface area contributed by atoms with E-state index < -0.39 is 11.6 Å². The van der Waals surface area contributed by atoms with Gasteiger partial charge in [0.1, 0.15) is 0 Å². The molecule has 3 N–H and O–H groups in total. The normalized spacial score (nSPS) is 20.8. The molecule has 0 radical (unpaired) electrons. The standard InChI is InChI=1S/C14H17N3O2/c15-13(19)17-7-5-14(6-8-17)12(18)9-10-3-1-2-4-11(10)16-14/h1-4,16H,5-9H2,(H2,15,19). The molecule has 0 atom stereocenters. The van der Waals surface area contributed by atoms with Crippen LogP contribution in [-0.2, 0) is 11.2 Å². The molecule has 2 heterocycles. The number of urea groups is 1. The number of benzene rings is 1. The molecule has 19 heavy (non-hydrogen) atoms. The average Bonchev–Trinajstić information content (AvgIpc) is 2.41. The van der Waals surface area contributed by atoms with Crippen LogP contribution in [0.15, 0.2) is 24.3 Å². The molecule has 100 valence electrons. The number of likely N-dealkylation sites (tertiary alicyclic amines) is 1. The first-order valence-corrected chi connectivity index (χ1v) is 6.54. The molecule has 0 saturated carbocycles. The van der Waals surface area contributed by atoms with Gasteiger partial charge >= 0.3 is 6.03 Å². The molecular weight excluding hydrogens is 242 g/mol. The third kappa shape index (κ3) is 1.95. The zero-order chi connectivity index (χ0) is 13.5. The van der Waals surface area contributed by atoms with Crippen molar-refractivity contribution in [2.24, 2.45) is 5.73 Å². The van der Waals surface area contributed by atoms with Gasteiger partial charge in [0.25, 0.3) is 0 Å². The Bertz CT molecular complexity index is 533. The fourth-order valence-electron chi connectivity index (χ4n) is 2.98. The lowest BCUT2D eigenvalue weighted by Crippen LogP contribution is -2.58. The number of nitrogens with one attached hydrogen (secondary N) is 1. The number of fused-ring (bicyclic) bond motifs is 1. The van der Waals surface area contributed by atoms with Crippen molar-refractivity contribution in [3.63, 3.8) is 0 Å². The van der Waals surface area contributed by atoms with Crippen molar-refractivity contribution in [1.29, 1.82) is 0 Å². The molecule has 5 nitrogen and oxygen atoms in total. The van der Waals surface area contributed by atoms with Crippen LogP contribution < -0.4 is 11.1 Å². The van der Waals surface area contributed by atoms with Crippen LogP contribution in [0.2, 0.25) is 0 Å². The lowest BCUT2D eigenvalue weighted by molar-refractivity contribution is -0.124. The molecule has 2 aliphatic rings. The molecule has 0 aromatic heterocycles. The predicted octanol–water partition coefficient (Wildman–Crippen LogP) is 1.14. The third-order valence-corrected chi connectivity index (χ3v) is 4.20. The molecule has 1 fully saturated rings. The fourth-order valence-corrected chi connectivity index (χ4v) is 2.98. The van der Waals surface area contributed by atoms with Gasteiger partial charge in [0.2, 0.25) is 0 Å². The predicted molar refractivity (Wildman–Crippen MR) is 71.9 cm³/mol. The number of Topliss-reactive ketones (excluding diaryl/α,β-unsaturated/α-hetero) is 1. The summed E-state index contributed by atoms with van der Waals surface area (Å²) in [5.74, 6) is 0.218. The number of carbonyl (C=O) groups is 2. The number of hydrogen-bond donors (Lipinski definition) is 2. The van der Waals surface area contributed by atoms with Crippen LogP contribution in [0.25, 0.3) is 0 Å². The Labute approximate surface area is 111 Å². The summed E-state index contributed by atoms with van der Waals surface area (Å²) in [7, 11) is 0. The summed E-state index contributed by atoms with van der Waals surface area (Å²) in [4.78, 5) is 25.2. The second-order valence-corrected chi connectivity index (χ2v) is 5.29. The van der Waals surface area contributed by atoms with Gasteiger partial charge in [-0.1, -0.05) is 18.2 Å². The van der Waals surface area contributed by atoms with Gasteiger partial charge in [-0.2, -0.15) is 0 Å². The molecule has 0 unspecified atom stereocenters. The average molecular weight is 259 g/mol. The minimum absolute atomic E-state index is 0.218. The number of nitrogens with two attached hydrogens (primary N) is 1. The number of anilines is 1. The van der Waals surface area contributed by atoms with Crippen LogP contribution >= 0.6 is 0 Å². The molecule has 2 amide bonds. The van der Waals surface area contributed by atoms with E-state index in [9.17, 15) is 9.59 Å². The Balaban J connectivity index is 1.83. The van der Waals surface area contributed by atoms with Gasteiger partial charge in [-0.05, 0) is 24.5 Å². The Kier molecular flexibility index (Phi) is 2.69. The minimum atomic E-state index is -0.514. The molecule has 1 spiro atoms. The largest absolute Gasteiger partial charge is 0.372 e. The highest BCUT2D eigenvalue weighted by atomic mass is 16.2. The smallest absolute Gasteiger partial charge is 0.314 e. The van der Waals surface area contributed by atoms with E-state index in [1.807, 2.05) is 24.3 Å². The molecule has 5 heteroatoms. The Morgan fingerprint density at radius 2 is 1.95 bits per heavy atom. The van der Waals surface area contributed by atoms with Crippen molar-refractivity contribution in [1.82, 2.24) is 4.90 Å². The Hall–Kier alpha value is -2.04. The summed E-state index contributed by atoms with van der Waals surface area (Å²) >= 11 is 0. The number of ketones is 1. The minimum Gasteiger partial charge on any atom is -0.372 e. The zero-order valence-electron chi connectivity index (χ0n) is 10.7. The molecule has 2 aliphatic heterocycles. The topological polar surface area (TPSA) is 75.4 Å².